The first kappa shape index (κ1) is 23.6. The predicted octanol–water partition coefficient (Wildman–Crippen LogP) is 5.86. The second kappa shape index (κ2) is 9.47. The Bertz CT molecular complexity index is 1360. The summed E-state index contributed by atoms with van der Waals surface area (Å²) in [5, 5.41) is 10.3. The number of carbonyl (C=O) groups is 1. The van der Waals surface area contributed by atoms with Gasteiger partial charge in [-0.2, -0.15) is 0 Å². The highest BCUT2D eigenvalue weighted by atomic mass is 35.5. The van der Waals surface area contributed by atoms with Gasteiger partial charge in [0.25, 0.3) is 0 Å². The van der Waals surface area contributed by atoms with E-state index < -0.39 is 11.6 Å². The molecule has 35 heavy (non-hydrogen) atoms. The minimum Gasteiger partial charge on any atom is -0.504 e. The number of aliphatic imine (C=N–C) groups is 2. The molecule has 2 aromatic carbocycles. The van der Waals surface area contributed by atoms with Gasteiger partial charge >= 0.3 is 0 Å². The number of likely N-dealkylation sites (tertiary alicyclic amines) is 1. The first-order valence-corrected chi connectivity index (χ1v) is 12.1. The minimum atomic E-state index is -0.801. The number of nitrogens with zero attached hydrogens (tertiary/aromatic N) is 4. The molecule has 1 aromatic heterocycles. The van der Waals surface area contributed by atoms with Crippen molar-refractivity contribution in [2.75, 3.05) is 20.1 Å². The van der Waals surface area contributed by atoms with Crippen LogP contribution in [0.2, 0.25) is 5.02 Å². The van der Waals surface area contributed by atoms with Crippen molar-refractivity contribution in [2.45, 2.75) is 32.2 Å². The fourth-order valence-electron chi connectivity index (χ4n) is 4.95. The van der Waals surface area contributed by atoms with E-state index in [1.54, 1.807) is 18.3 Å². The number of halogens is 2. The Kier molecular flexibility index (Phi) is 6.38. The molecule has 1 N–H and O–H groups in total. The molecule has 2 aliphatic rings. The molecule has 0 amide bonds. The molecule has 0 radical (unpaired) electrons. The van der Waals surface area contributed by atoms with Gasteiger partial charge in [0.1, 0.15) is 0 Å². The third kappa shape index (κ3) is 4.70. The van der Waals surface area contributed by atoms with Gasteiger partial charge < -0.3 is 10.0 Å². The molecule has 2 atom stereocenters. The van der Waals surface area contributed by atoms with Crippen molar-refractivity contribution in [3.05, 3.63) is 52.9 Å². The average Bonchev–Trinajstić information content (AvgIpc) is 3.28. The van der Waals surface area contributed by atoms with Gasteiger partial charge in [0.2, 0.25) is 0 Å². The number of phenols is 1. The molecule has 0 bridgehead atoms. The van der Waals surface area contributed by atoms with E-state index >= 15 is 0 Å². The van der Waals surface area contributed by atoms with Crippen LogP contribution < -0.4 is 0 Å². The van der Waals surface area contributed by atoms with Crippen LogP contribution in [0.15, 0.2) is 46.5 Å². The van der Waals surface area contributed by atoms with E-state index in [-0.39, 0.29) is 10.8 Å². The van der Waals surface area contributed by atoms with E-state index in [1.165, 1.54) is 25.5 Å². The molecule has 0 spiro atoms. The van der Waals surface area contributed by atoms with Crippen LogP contribution >= 0.6 is 11.6 Å². The van der Waals surface area contributed by atoms with Gasteiger partial charge in [-0.1, -0.05) is 17.7 Å². The normalized spacial score (nSPS) is 21.8. The van der Waals surface area contributed by atoms with Crippen LogP contribution in [0.5, 0.6) is 5.75 Å². The number of hydrogen-bond donors (Lipinski definition) is 1. The molecule has 2 unspecified atom stereocenters. The summed E-state index contributed by atoms with van der Waals surface area (Å²) in [6, 6.07) is 8.47. The Labute approximate surface area is 208 Å². The van der Waals surface area contributed by atoms with Crippen LogP contribution in [0.4, 0.5) is 10.1 Å². The smallest absolute Gasteiger partial charge is 0.170 e. The van der Waals surface area contributed by atoms with E-state index in [4.69, 9.17) is 21.6 Å². The Balaban J connectivity index is 1.57. The number of hydrogen-bond acceptors (Lipinski definition) is 6. The van der Waals surface area contributed by atoms with Gasteiger partial charge in [0, 0.05) is 24.3 Å². The number of rotatable bonds is 4. The van der Waals surface area contributed by atoms with Gasteiger partial charge in [0.15, 0.2) is 17.3 Å². The molecule has 1 fully saturated rings. The third-order valence-electron chi connectivity index (χ3n) is 6.91. The lowest BCUT2D eigenvalue weighted by molar-refractivity contribution is 0.101. The number of carbonyl (C=O) groups excluding carboxylic acids is 1. The summed E-state index contributed by atoms with van der Waals surface area (Å²) in [6.45, 7) is 3.68. The summed E-state index contributed by atoms with van der Waals surface area (Å²) < 4.78 is 14.1. The lowest BCUT2D eigenvalue weighted by Gasteiger charge is -2.23. The molecular formula is C27H26ClFN4O2. The van der Waals surface area contributed by atoms with Crippen molar-refractivity contribution in [3.63, 3.8) is 0 Å². The number of benzene rings is 2. The SMILES string of the molecule is CC(=O)c1cnc2ccc(-c3cc(F)c(O)c(Cl)c3)cc2c1N=C1C=NC(C2CCN(C)C2)CC1. The summed E-state index contributed by atoms with van der Waals surface area (Å²) in [5.74, 6) is -0.942. The van der Waals surface area contributed by atoms with Crippen molar-refractivity contribution in [2.24, 2.45) is 15.9 Å². The maximum atomic E-state index is 14.1. The van der Waals surface area contributed by atoms with Crippen molar-refractivity contribution in [3.8, 4) is 16.9 Å². The maximum absolute atomic E-state index is 14.1. The monoisotopic (exact) mass is 492 g/mol. The van der Waals surface area contributed by atoms with Gasteiger partial charge in [-0.15, -0.1) is 0 Å². The van der Waals surface area contributed by atoms with Gasteiger partial charge in [-0.3, -0.25) is 19.8 Å². The zero-order valence-corrected chi connectivity index (χ0v) is 20.4. The predicted molar refractivity (Wildman–Crippen MR) is 138 cm³/mol. The summed E-state index contributed by atoms with van der Waals surface area (Å²) in [4.78, 5) is 28.9. The van der Waals surface area contributed by atoms with Crippen LogP contribution in [-0.4, -0.2) is 58.9 Å². The lowest BCUT2D eigenvalue weighted by Crippen LogP contribution is -2.26. The number of ketones is 1. The number of phenolic OH excluding ortho intramolecular Hbond substituents is 1. The Morgan fingerprint density at radius 3 is 2.71 bits per heavy atom. The molecule has 2 aliphatic heterocycles. The van der Waals surface area contributed by atoms with E-state index in [0.717, 1.165) is 31.6 Å². The molecule has 5 rings (SSSR count). The molecule has 0 saturated carbocycles. The quantitative estimate of drug-likeness (QED) is 0.463. The zero-order chi connectivity index (χ0) is 24.7. The Morgan fingerprint density at radius 2 is 2.06 bits per heavy atom. The van der Waals surface area contributed by atoms with Gasteiger partial charge in [-0.05, 0) is 81.1 Å². The van der Waals surface area contributed by atoms with Crippen molar-refractivity contribution >= 4 is 45.9 Å². The molecule has 3 aromatic rings. The standard InChI is InChI=1S/C27H26ClFN4O2/c1-15(34)21-13-31-25-5-3-16(18-10-22(28)27(35)23(29)11-18)9-20(25)26(21)32-19-4-6-24(30-12-19)17-7-8-33(2)14-17/h3,5,9-13,17,24,35H,4,6-8,14H2,1-2H3. The molecule has 3 heterocycles. The number of Topliss-reactive ketones (excluding diaryl/α,β-unsaturated/α-hetero) is 1. The van der Waals surface area contributed by atoms with Crippen molar-refractivity contribution in [1.82, 2.24) is 9.88 Å². The van der Waals surface area contributed by atoms with Crippen molar-refractivity contribution in [1.29, 1.82) is 0 Å². The van der Waals surface area contributed by atoms with Crippen LogP contribution in [0.25, 0.3) is 22.0 Å². The average molecular weight is 493 g/mol. The maximum Gasteiger partial charge on any atom is 0.170 e. The number of aromatic nitrogens is 1. The second-order valence-electron chi connectivity index (χ2n) is 9.40. The topological polar surface area (TPSA) is 78.1 Å². The number of fused-ring (bicyclic) bond motifs is 1. The van der Waals surface area contributed by atoms with Crippen LogP contribution in [0, 0.1) is 11.7 Å². The summed E-state index contributed by atoms with van der Waals surface area (Å²) in [6.07, 6.45) is 6.29. The fourth-order valence-corrected chi connectivity index (χ4v) is 5.16. The molecule has 8 heteroatoms. The van der Waals surface area contributed by atoms with E-state index in [9.17, 15) is 14.3 Å². The molecular weight excluding hydrogens is 467 g/mol. The van der Waals surface area contributed by atoms with E-state index in [0.29, 0.717) is 45.2 Å². The summed E-state index contributed by atoms with van der Waals surface area (Å²) in [5.41, 5.74) is 3.63. The Hall–Kier alpha value is -3.16. The van der Waals surface area contributed by atoms with Gasteiger partial charge in [-0.25, -0.2) is 4.39 Å². The highest BCUT2D eigenvalue weighted by Crippen LogP contribution is 2.37. The zero-order valence-electron chi connectivity index (χ0n) is 19.6. The van der Waals surface area contributed by atoms with E-state index in [2.05, 4.69) is 16.9 Å². The van der Waals surface area contributed by atoms with E-state index in [1.807, 2.05) is 12.3 Å². The lowest BCUT2D eigenvalue weighted by atomic mass is 9.92. The van der Waals surface area contributed by atoms with Crippen LogP contribution in [-0.2, 0) is 0 Å². The van der Waals surface area contributed by atoms with Crippen molar-refractivity contribution < 1.29 is 14.3 Å². The second-order valence-corrected chi connectivity index (χ2v) is 9.80. The molecule has 1 saturated heterocycles. The highest BCUT2D eigenvalue weighted by molar-refractivity contribution is 6.33. The molecule has 6 nitrogen and oxygen atoms in total. The minimum absolute atomic E-state index is 0.0717. The third-order valence-corrected chi connectivity index (χ3v) is 7.20. The van der Waals surface area contributed by atoms with Gasteiger partial charge in [0.05, 0.1) is 33.5 Å². The molecule has 180 valence electrons. The Morgan fingerprint density at radius 1 is 1.23 bits per heavy atom. The first-order valence-electron chi connectivity index (χ1n) is 11.7. The highest BCUT2D eigenvalue weighted by Gasteiger charge is 2.29. The fraction of sp³-hybridized carbons (Fsp3) is 0.333. The van der Waals surface area contributed by atoms with Crippen LogP contribution in [0.1, 0.15) is 36.5 Å². The van der Waals surface area contributed by atoms with Crippen LogP contribution in [0.3, 0.4) is 0 Å². The largest absolute Gasteiger partial charge is 0.504 e. The summed E-state index contributed by atoms with van der Waals surface area (Å²) >= 11 is 5.99. The first-order chi connectivity index (χ1) is 16.8. The number of pyridine rings is 1. The number of aromatic hydroxyl groups is 1. The summed E-state index contributed by atoms with van der Waals surface area (Å²) in [7, 11) is 2.14. The molecule has 0 aliphatic carbocycles.